The van der Waals surface area contributed by atoms with Crippen LogP contribution in [0.5, 0.6) is 0 Å². The molecular formula is C17H10ClN3O3. The van der Waals surface area contributed by atoms with Crippen LogP contribution in [0.25, 0.3) is 27.9 Å². The van der Waals surface area contributed by atoms with Gasteiger partial charge < -0.3 is 10.1 Å². The van der Waals surface area contributed by atoms with Crippen molar-refractivity contribution in [2.45, 2.75) is 0 Å². The summed E-state index contributed by atoms with van der Waals surface area (Å²) >= 11 is 6.10. The van der Waals surface area contributed by atoms with Crippen LogP contribution in [-0.2, 0) is 0 Å². The molecule has 7 heteroatoms. The van der Waals surface area contributed by atoms with E-state index < -0.39 is 5.97 Å². The van der Waals surface area contributed by atoms with Crippen LogP contribution >= 0.6 is 11.6 Å². The van der Waals surface area contributed by atoms with E-state index in [9.17, 15) is 14.7 Å². The normalized spacial score (nSPS) is 11.2. The van der Waals surface area contributed by atoms with Crippen molar-refractivity contribution in [1.82, 2.24) is 14.4 Å². The zero-order valence-electron chi connectivity index (χ0n) is 12.2. The number of carboxylic acid groups (broad SMARTS) is 1. The maximum atomic E-state index is 12.3. The molecular weight excluding hydrogens is 330 g/mol. The number of rotatable bonds is 2. The van der Waals surface area contributed by atoms with E-state index >= 15 is 0 Å². The van der Waals surface area contributed by atoms with Crippen molar-refractivity contribution in [1.29, 1.82) is 0 Å². The van der Waals surface area contributed by atoms with Gasteiger partial charge in [0.25, 0.3) is 5.56 Å². The van der Waals surface area contributed by atoms with E-state index in [-0.39, 0.29) is 16.1 Å². The Kier molecular flexibility index (Phi) is 3.14. The molecule has 24 heavy (non-hydrogen) atoms. The number of carboxylic acids is 1. The zero-order valence-corrected chi connectivity index (χ0v) is 12.9. The molecule has 6 nitrogen and oxygen atoms in total. The van der Waals surface area contributed by atoms with Gasteiger partial charge in [-0.25, -0.2) is 9.78 Å². The molecule has 0 fully saturated rings. The highest BCUT2D eigenvalue weighted by atomic mass is 35.5. The highest BCUT2D eigenvalue weighted by molar-refractivity contribution is 6.34. The lowest BCUT2D eigenvalue weighted by atomic mass is 10.1. The SMILES string of the molecule is O=C(O)c1cc2[nH]c(=O)c3cnc(-c4ccccc4)n3c2cc1Cl. The first kappa shape index (κ1) is 14.5. The second kappa shape index (κ2) is 5.21. The molecule has 4 rings (SSSR count). The summed E-state index contributed by atoms with van der Waals surface area (Å²) in [5.41, 5.74) is 1.74. The van der Waals surface area contributed by atoms with Crippen molar-refractivity contribution in [3.63, 3.8) is 0 Å². The fourth-order valence-electron chi connectivity index (χ4n) is 2.74. The number of carbonyl (C=O) groups is 1. The molecule has 0 aliphatic rings. The number of halogens is 1. The van der Waals surface area contributed by atoms with Crippen LogP contribution in [0, 0.1) is 0 Å². The van der Waals surface area contributed by atoms with Gasteiger partial charge in [0.2, 0.25) is 0 Å². The molecule has 0 saturated heterocycles. The first-order chi connectivity index (χ1) is 11.6. The number of hydrogen-bond acceptors (Lipinski definition) is 3. The summed E-state index contributed by atoms with van der Waals surface area (Å²) in [5.74, 6) is -0.572. The Morgan fingerprint density at radius 2 is 1.92 bits per heavy atom. The fourth-order valence-corrected chi connectivity index (χ4v) is 2.98. The topological polar surface area (TPSA) is 87.5 Å². The summed E-state index contributed by atoms with van der Waals surface area (Å²) in [6, 6.07) is 12.3. The minimum atomic E-state index is -1.16. The molecule has 0 bridgehead atoms. The van der Waals surface area contributed by atoms with Crippen molar-refractivity contribution in [3.05, 3.63) is 69.6 Å². The third-order valence-corrected chi connectivity index (χ3v) is 4.14. The van der Waals surface area contributed by atoms with Crippen LogP contribution in [0.15, 0.2) is 53.5 Å². The Morgan fingerprint density at radius 3 is 2.62 bits per heavy atom. The molecule has 0 aliphatic heterocycles. The average molecular weight is 340 g/mol. The number of benzene rings is 2. The molecule has 0 amide bonds. The second-order valence-electron chi connectivity index (χ2n) is 5.28. The van der Waals surface area contributed by atoms with Gasteiger partial charge in [0, 0.05) is 5.56 Å². The Morgan fingerprint density at radius 1 is 1.17 bits per heavy atom. The molecule has 0 unspecified atom stereocenters. The molecule has 2 aromatic carbocycles. The van der Waals surface area contributed by atoms with Crippen molar-refractivity contribution < 1.29 is 9.90 Å². The maximum Gasteiger partial charge on any atom is 0.337 e. The third-order valence-electron chi connectivity index (χ3n) is 3.83. The van der Waals surface area contributed by atoms with Crippen LogP contribution in [0.2, 0.25) is 5.02 Å². The number of aromatic amines is 1. The molecule has 2 heterocycles. The van der Waals surface area contributed by atoms with Gasteiger partial charge in [0.05, 0.1) is 27.8 Å². The third kappa shape index (κ3) is 2.08. The summed E-state index contributed by atoms with van der Waals surface area (Å²) in [6.45, 7) is 0. The predicted molar refractivity (Wildman–Crippen MR) is 90.7 cm³/mol. The highest BCUT2D eigenvalue weighted by Gasteiger charge is 2.16. The van der Waals surface area contributed by atoms with Gasteiger partial charge in [-0.2, -0.15) is 0 Å². The Balaban J connectivity index is 2.17. The number of aromatic nitrogens is 3. The van der Waals surface area contributed by atoms with E-state index in [0.717, 1.165) is 5.56 Å². The first-order valence-electron chi connectivity index (χ1n) is 7.08. The molecule has 0 radical (unpaired) electrons. The number of nitrogens with one attached hydrogen (secondary N) is 1. The standard InChI is InChI=1S/C17H10ClN3O3/c18-11-7-13-12(6-10(11)17(23)24)20-16(22)14-8-19-15(21(13)14)9-4-2-1-3-5-9/h1-8H,(H,20,22)(H,23,24). The van der Waals surface area contributed by atoms with Crippen molar-refractivity contribution >= 4 is 34.1 Å². The van der Waals surface area contributed by atoms with E-state index in [1.54, 1.807) is 4.40 Å². The van der Waals surface area contributed by atoms with E-state index in [1.165, 1.54) is 18.3 Å². The second-order valence-corrected chi connectivity index (χ2v) is 5.68. The molecule has 118 valence electrons. The number of nitrogens with zero attached hydrogens (tertiary/aromatic N) is 2. The van der Waals surface area contributed by atoms with E-state index in [4.69, 9.17) is 11.6 Å². The molecule has 4 aromatic rings. The van der Waals surface area contributed by atoms with E-state index in [1.807, 2.05) is 30.3 Å². The average Bonchev–Trinajstić information content (AvgIpc) is 3.02. The number of hydrogen-bond donors (Lipinski definition) is 2. The quantitative estimate of drug-likeness (QED) is 0.587. The van der Waals surface area contributed by atoms with Crippen LogP contribution in [-0.4, -0.2) is 25.4 Å². The highest BCUT2D eigenvalue weighted by Crippen LogP contribution is 2.26. The largest absolute Gasteiger partial charge is 0.478 e. The maximum absolute atomic E-state index is 12.3. The number of fused-ring (bicyclic) bond motifs is 3. The summed E-state index contributed by atoms with van der Waals surface area (Å²) in [5, 5.41) is 9.30. The Labute approximate surface area is 140 Å². The first-order valence-corrected chi connectivity index (χ1v) is 7.46. The van der Waals surface area contributed by atoms with Gasteiger partial charge in [-0.1, -0.05) is 41.9 Å². The van der Waals surface area contributed by atoms with Crippen molar-refractivity contribution in [3.8, 4) is 11.4 Å². The summed E-state index contributed by atoms with van der Waals surface area (Å²) in [7, 11) is 0. The zero-order chi connectivity index (χ0) is 16.8. The lowest BCUT2D eigenvalue weighted by Gasteiger charge is -2.08. The summed E-state index contributed by atoms with van der Waals surface area (Å²) in [6.07, 6.45) is 1.49. The Bertz CT molecular complexity index is 1160. The van der Waals surface area contributed by atoms with E-state index in [2.05, 4.69) is 9.97 Å². The molecule has 0 saturated carbocycles. The monoisotopic (exact) mass is 339 g/mol. The van der Waals surface area contributed by atoms with Gasteiger partial charge in [0.1, 0.15) is 11.3 Å². The summed E-state index contributed by atoms with van der Waals surface area (Å²) in [4.78, 5) is 30.6. The smallest absolute Gasteiger partial charge is 0.337 e. The molecule has 2 N–H and O–H groups in total. The molecule has 0 spiro atoms. The van der Waals surface area contributed by atoms with Crippen LogP contribution < -0.4 is 5.56 Å². The number of aromatic carboxylic acids is 1. The number of imidazole rings is 1. The Hall–Kier alpha value is -3.12. The van der Waals surface area contributed by atoms with Gasteiger partial charge in [-0.3, -0.25) is 9.20 Å². The van der Waals surface area contributed by atoms with Crippen LogP contribution in [0.4, 0.5) is 0 Å². The van der Waals surface area contributed by atoms with Crippen molar-refractivity contribution in [2.24, 2.45) is 0 Å². The van der Waals surface area contributed by atoms with Gasteiger partial charge in [0.15, 0.2) is 0 Å². The minimum absolute atomic E-state index is 0.0689. The lowest BCUT2D eigenvalue weighted by molar-refractivity contribution is 0.0697. The fraction of sp³-hybridized carbons (Fsp3) is 0. The van der Waals surface area contributed by atoms with Crippen molar-refractivity contribution in [2.75, 3.05) is 0 Å². The molecule has 0 aliphatic carbocycles. The van der Waals surface area contributed by atoms with Gasteiger partial charge in [-0.15, -0.1) is 0 Å². The van der Waals surface area contributed by atoms with Gasteiger partial charge >= 0.3 is 5.97 Å². The molecule has 2 aromatic heterocycles. The van der Waals surface area contributed by atoms with Crippen LogP contribution in [0.1, 0.15) is 10.4 Å². The van der Waals surface area contributed by atoms with E-state index in [0.29, 0.717) is 22.4 Å². The minimum Gasteiger partial charge on any atom is -0.478 e. The van der Waals surface area contributed by atoms with Gasteiger partial charge in [-0.05, 0) is 12.1 Å². The molecule has 0 atom stereocenters. The lowest BCUT2D eigenvalue weighted by Crippen LogP contribution is -2.11. The number of H-pyrrole nitrogens is 1. The van der Waals surface area contributed by atoms with Crippen LogP contribution in [0.3, 0.4) is 0 Å². The predicted octanol–water partition coefficient (Wildman–Crippen LogP) is 3.19. The summed E-state index contributed by atoms with van der Waals surface area (Å²) < 4.78 is 1.68.